The Bertz CT molecular complexity index is 831. The highest BCUT2D eigenvalue weighted by Gasteiger charge is 2.84. The summed E-state index contributed by atoms with van der Waals surface area (Å²) in [6, 6.07) is 0. The van der Waals surface area contributed by atoms with Crippen LogP contribution in [0.4, 0.5) is 0 Å². The molecule has 6 rings (SSSR count). The number of carbonyl (C=O) groups excluding carboxylic acids is 2. The number of methoxy groups -OCH3 is 1. The Morgan fingerprint density at radius 2 is 1.77 bits per heavy atom. The Labute approximate surface area is 181 Å². The van der Waals surface area contributed by atoms with E-state index < -0.39 is 0 Å². The van der Waals surface area contributed by atoms with E-state index in [1.807, 2.05) is 19.9 Å². The second-order valence-corrected chi connectivity index (χ2v) is 11.9. The smallest absolute Gasteiger partial charge is 0.333 e. The van der Waals surface area contributed by atoms with Crippen LogP contribution in [0.25, 0.3) is 0 Å². The number of fused-ring (bicyclic) bond motifs is 1. The number of hydrogen-bond acceptors (Lipinski definition) is 4. The van der Waals surface area contributed by atoms with Crippen LogP contribution in [0.1, 0.15) is 79.6 Å². The minimum absolute atomic E-state index is 0.0281. The Morgan fingerprint density at radius 1 is 1.03 bits per heavy atom. The molecule has 4 nitrogen and oxygen atoms in total. The third-order valence-corrected chi connectivity index (χ3v) is 11.1. The quantitative estimate of drug-likeness (QED) is 0.464. The zero-order valence-corrected chi connectivity index (χ0v) is 19.5. The maximum absolute atomic E-state index is 12.9. The summed E-state index contributed by atoms with van der Waals surface area (Å²) < 4.78 is 11.7. The molecule has 4 heteroatoms. The molecule has 0 N–H and O–H groups in total. The molecule has 9 unspecified atom stereocenters. The molecule has 6 aliphatic rings. The largest absolute Gasteiger partial charge is 0.469 e. The van der Waals surface area contributed by atoms with Gasteiger partial charge in [0.15, 0.2) is 0 Å². The molecule has 0 aliphatic heterocycles. The number of rotatable bonds is 3. The summed E-state index contributed by atoms with van der Waals surface area (Å²) >= 11 is 0. The van der Waals surface area contributed by atoms with E-state index in [0.29, 0.717) is 29.2 Å². The zero-order valence-electron chi connectivity index (χ0n) is 19.5. The highest BCUT2D eigenvalue weighted by Crippen LogP contribution is 2.86. The predicted molar refractivity (Wildman–Crippen MR) is 114 cm³/mol. The lowest BCUT2D eigenvalue weighted by Gasteiger charge is -2.66. The first-order chi connectivity index (χ1) is 14.1. The van der Waals surface area contributed by atoms with E-state index in [4.69, 9.17) is 9.47 Å². The van der Waals surface area contributed by atoms with Gasteiger partial charge in [0, 0.05) is 16.4 Å². The third kappa shape index (κ3) is 2.19. The average molecular weight is 415 g/mol. The maximum atomic E-state index is 12.9. The summed E-state index contributed by atoms with van der Waals surface area (Å²) in [6.45, 7) is 10.8. The Morgan fingerprint density at radius 3 is 2.43 bits per heavy atom. The lowest BCUT2D eigenvalue weighted by molar-refractivity contribution is -0.218. The van der Waals surface area contributed by atoms with Gasteiger partial charge in [-0.1, -0.05) is 26.3 Å². The van der Waals surface area contributed by atoms with Gasteiger partial charge >= 0.3 is 11.9 Å². The van der Waals surface area contributed by atoms with Gasteiger partial charge in [0.05, 0.1) is 12.5 Å². The second-order valence-electron chi connectivity index (χ2n) is 11.9. The van der Waals surface area contributed by atoms with Crippen LogP contribution in [0.5, 0.6) is 0 Å². The van der Waals surface area contributed by atoms with Gasteiger partial charge in [0.1, 0.15) is 6.10 Å². The van der Waals surface area contributed by atoms with Crippen LogP contribution < -0.4 is 0 Å². The second kappa shape index (κ2) is 6.13. The molecule has 0 aromatic heterocycles. The van der Waals surface area contributed by atoms with Crippen LogP contribution >= 0.6 is 0 Å². The van der Waals surface area contributed by atoms with E-state index in [1.165, 1.54) is 26.4 Å². The number of hydrogen-bond donors (Lipinski definition) is 0. The number of esters is 2. The summed E-state index contributed by atoms with van der Waals surface area (Å²) in [7, 11) is 1.54. The molecule has 6 fully saturated rings. The first-order valence-electron chi connectivity index (χ1n) is 12.0. The van der Waals surface area contributed by atoms with Gasteiger partial charge in [-0.15, -0.1) is 0 Å². The molecule has 6 saturated carbocycles. The van der Waals surface area contributed by atoms with Gasteiger partial charge in [-0.05, 0) is 88.4 Å². The molecule has 0 aromatic rings. The molecule has 0 aromatic carbocycles. The molecule has 0 saturated heterocycles. The first-order valence-corrected chi connectivity index (χ1v) is 12.0. The third-order valence-electron chi connectivity index (χ3n) is 11.1. The van der Waals surface area contributed by atoms with Crippen molar-refractivity contribution in [3.63, 3.8) is 0 Å². The van der Waals surface area contributed by atoms with Gasteiger partial charge in [-0.25, -0.2) is 4.79 Å². The molecule has 30 heavy (non-hydrogen) atoms. The van der Waals surface area contributed by atoms with Crippen molar-refractivity contribution in [3.8, 4) is 0 Å². The topological polar surface area (TPSA) is 52.6 Å². The number of ether oxygens (including phenoxy) is 2. The number of allylic oxidation sites excluding steroid dienone is 1. The predicted octanol–water partition coefficient (Wildman–Crippen LogP) is 5.31. The van der Waals surface area contributed by atoms with Crippen molar-refractivity contribution in [1.82, 2.24) is 0 Å². The molecule has 9 atom stereocenters. The molecular formula is C26H38O4. The van der Waals surface area contributed by atoms with E-state index in [0.717, 1.165) is 25.7 Å². The minimum Gasteiger partial charge on any atom is -0.469 e. The summed E-state index contributed by atoms with van der Waals surface area (Å²) in [4.78, 5) is 25.7. The lowest BCUT2D eigenvalue weighted by atomic mass is 9.39. The van der Waals surface area contributed by atoms with Crippen molar-refractivity contribution >= 4 is 11.9 Å². The minimum atomic E-state index is -0.384. The van der Waals surface area contributed by atoms with Gasteiger partial charge in [0.25, 0.3) is 0 Å². The van der Waals surface area contributed by atoms with Crippen molar-refractivity contribution in [2.24, 2.45) is 45.3 Å². The van der Waals surface area contributed by atoms with E-state index >= 15 is 0 Å². The van der Waals surface area contributed by atoms with E-state index in [-0.39, 0.29) is 39.7 Å². The Kier molecular flexibility index (Phi) is 4.21. The highest BCUT2D eigenvalue weighted by molar-refractivity contribution is 5.88. The zero-order chi connectivity index (χ0) is 21.7. The van der Waals surface area contributed by atoms with Crippen LogP contribution in [0.3, 0.4) is 0 Å². The molecule has 0 radical (unpaired) electrons. The van der Waals surface area contributed by atoms with Gasteiger partial charge in [-0.3, -0.25) is 4.79 Å². The van der Waals surface area contributed by atoms with Gasteiger partial charge < -0.3 is 9.47 Å². The maximum Gasteiger partial charge on any atom is 0.333 e. The first kappa shape index (κ1) is 20.6. The van der Waals surface area contributed by atoms with Crippen LogP contribution in [-0.2, 0) is 19.1 Å². The standard InChI is InChI=1S/C26H38O4/c1-7-15(2)20(27)30-21-25(5)16-13-19-23(3)10-8-11-24(4,22(28)29-6)18(23)9-12-26(19,21)14-17(16)25/h7,16-19,21H,8-14H2,1-6H3. The van der Waals surface area contributed by atoms with Crippen LogP contribution in [-0.4, -0.2) is 25.2 Å². The Balaban J connectivity index is 1.53. The SMILES string of the molecule is CC=C(C)C(=O)OC1C23CCC4C(C)(C(=O)OC)CCCC4(C)C2CC2C(C3)C21C. The van der Waals surface area contributed by atoms with Crippen molar-refractivity contribution in [3.05, 3.63) is 11.6 Å². The lowest BCUT2D eigenvalue weighted by Crippen LogP contribution is -2.63. The van der Waals surface area contributed by atoms with E-state index in [9.17, 15) is 9.59 Å². The number of carbonyl (C=O) groups is 2. The average Bonchev–Trinajstić information content (AvgIpc) is 3.25. The Hall–Kier alpha value is -1.32. The fourth-order valence-electron chi connectivity index (χ4n) is 9.61. The van der Waals surface area contributed by atoms with Crippen molar-refractivity contribution in [2.45, 2.75) is 85.7 Å². The molecule has 1 spiro atoms. The molecule has 6 aliphatic carbocycles. The van der Waals surface area contributed by atoms with Crippen molar-refractivity contribution < 1.29 is 19.1 Å². The molecular weight excluding hydrogens is 376 g/mol. The van der Waals surface area contributed by atoms with Gasteiger partial charge in [0.2, 0.25) is 0 Å². The van der Waals surface area contributed by atoms with E-state index in [2.05, 4.69) is 20.8 Å². The van der Waals surface area contributed by atoms with Crippen molar-refractivity contribution in [2.75, 3.05) is 7.11 Å². The normalized spacial score (nSPS) is 53.4. The molecule has 4 bridgehead atoms. The summed E-state index contributed by atoms with van der Waals surface area (Å²) in [5.41, 5.74) is 0.711. The van der Waals surface area contributed by atoms with Crippen molar-refractivity contribution in [1.29, 1.82) is 0 Å². The molecule has 0 heterocycles. The summed E-state index contributed by atoms with van der Waals surface area (Å²) in [5.74, 6) is 2.12. The fourth-order valence-corrected chi connectivity index (χ4v) is 9.61. The fraction of sp³-hybridized carbons (Fsp3) is 0.846. The molecule has 166 valence electrons. The highest BCUT2D eigenvalue weighted by atomic mass is 16.5. The summed E-state index contributed by atoms with van der Waals surface area (Å²) in [5, 5.41) is 0. The summed E-state index contributed by atoms with van der Waals surface area (Å²) in [6.07, 6.45) is 9.67. The van der Waals surface area contributed by atoms with Gasteiger partial charge in [-0.2, -0.15) is 0 Å². The van der Waals surface area contributed by atoms with E-state index in [1.54, 1.807) is 0 Å². The van der Waals surface area contributed by atoms with Crippen LogP contribution in [0.15, 0.2) is 11.6 Å². The van der Waals surface area contributed by atoms with Crippen LogP contribution in [0.2, 0.25) is 0 Å². The monoisotopic (exact) mass is 414 g/mol. The molecule has 0 amide bonds. The van der Waals surface area contributed by atoms with Crippen LogP contribution in [0, 0.1) is 45.3 Å².